The fourth-order valence-corrected chi connectivity index (χ4v) is 7.01. The monoisotopic (exact) mass is 615 g/mol. The van der Waals surface area contributed by atoms with Crippen LogP contribution in [0.3, 0.4) is 0 Å². The van der Waals surface area contributed by atoms with Crippen LogP contribution in [-0.4, -0.2) is 115 Å². The lowest BCUT2D eigenvalue weighted by molar-refractivity contribution is 0.0649. The lowest BCUT2D eigenvalue weighted by Gasteiger charge is -2.36. The Morgan fingerprint density at radius 2 is 1.60 bits per heavy atom. The van der Waals surface area contributed by atoms with Crippen LogP contribution in [0, 0.1) is 5.92 Å². The standard InChI is InChI=1S/C30H45N7O5S/c1-23(2)20-37-27-26(28(39)32(3)30(37)40)36(29(31-27)35-15-17-42-18-16-35)22-24(38)21-34-13-11-33(12-14-34)10-7-19-43(41)25-8-5-4-6-9-25/h4-6,8-9,23-24,38H,7,10-22H2,1-3H3. The molecule has 2 atom stereocenters. The Labute approximate surface area is 254 Å². The number of hydrogen-bond donors (Lipinski definition) is 1. The molecule has 2 aliphatic rings. The third kappa shape index (κ3) is 7.46. The molecule has 1 N–H and O–H groups in total. The van der Waals surface area contributed by atoms with E-state index in [9.17, 15) is 18.9 Å². The molecule has 0 bridgehead atoms. The molecule has 0 amide bonds. The quantitative estimate of drug-likeness (QED) is 0.312. The predicted octanol–water partition coefficient (Wildman–Crippen LogP) is 0.566. The SMILES string of the molecule is CC(C)Cn1c(=O)n(C)c(=O)c2c1nc(N1CCOCC1)n2CC(O)CN1CCN(CCCS(=O)c2ccccc2)CC1. The number of anilines is 1. The topological polar surface area (TPSA) is 118 Å². The first-order chi connectivity index (χ1) is 20.7. The molecule has 2 fully saturated rings. The second-order valence-corrected chi connectivity index (χ2v) is 13.5. The maximum atomic E-state index is 13.4. The molecule has 13 heteroatoms. The van der Waals surface area contributed by atoms with E-state index in [-0.39, 0.29) is 18.2 Å². The highest BCUT2D eigenvalue weighted by Crippen LogP contribution is 2.22. The zero-order chi connectivity index (χ0) is 30.5. The lowest BCUT2D eigenvalue weighted by Crippen LogP contribution is -2.49. The molecular formula is C30H45N7O5S. The van der Waals surface area contributed by atoms with E-state index in [0.29, 0.717) is 62.3 Å². The zero-order valence-corrected chi connectivity index (χ0v) is 26.4. The number of imidazole rings is 1. The molecule has 0 radical (unpaired) electrons. The largest absolute Gasteiger partial charge is 0.390 e. The minimum atomic E-state index is -0.973. The van der Waals surface area contributed by atoms with Gasteiger partial charge in [0.05, 0.1) is 36.7 Å². The van der Waals surface area contributed by atoms with Gasteiger partial charge in [0.2, 0.25) is 5.95 Å². The second-order valence-electron chi connectivity index (χ2n) is 12.0. The van der Waals surface area contributed by atoms with Gasteiger partial charge in [-0.2, -0.15) is 4.98 Å². The second kappa shape index (κ2) is 14.3. The molecule has 4 heterocycles. The number of ether oxygens (including phenoxy) is 1. The minimum absolute atomic E-state index is 0.186. The normalized spacial score (nSPS) is 18.5. The first-order valence-electron chi connectivity index (χ1n) is 15.3. The van der Waals surface area contributed by atoms with Gasteiger partial charge in [-0.1, -0.05) is 32.0 Å². The fraction of sp³-hybridized carbons (Fsp3) is 0.633. The molecule has 2 aliphatic heterocycles. The van der Waals surface area contributed by atoms with Gasteiger partial charge in [0.1, 0.15) is 0 Å². The van der Waals surface area contributed by atoms with Crippen LogP contribution < -0.4 is 16.1 Å². The maximum Gasteiger partial charge on any atom is 0.332 e. The minimum Gasteiger partial charge on any atom is -0.390 e. The van der Waals surface area contributed by atoms with E-state index in [1.54, 1.807) is 4.57 Å². The van der Waals surface area contributed by atoms with Gasteiger partial charge in [0.25, 0.3) is 5.56 Å². The summed E-state index contributed by atoms with van der Waals surface area (Å²) in [5.41, 5.74) is -0.0616. The Morgan fingerprint density at radius 1 is 0.930 bits per heavy atom. The average molecular weight is 616 g/mol. The number of piperazine rings is 1. The molecule has 0 spiro atoms. The summed E-state index contributed by atoms with van der Waals surface area (Å²) in [5, 5.41) is 11.3. The number of benzene rings is 1. The Bertz CT molecular complexity index is 1510. The zero-order valence-electron chi connectivity index (χ0n) is 25.6. The molecule has 0 aliphatic carbocycles. The number of morpholine rings is 1. The molecule has 2 unspecified atom stereocenters. The summed E-state index contributed by atoms with van der Waals surface area (Å²) in [6.45, 7) is 11.8. The van der Waals surface area contributed by atoms with Gasteiger partial charge in [-0.05, 0) is 31.0 Å². The van der Waals surface area contributed by atoms with Crippen molar-refractivity contribution in [2.75, 3.05) is 76.2 Å². The highest BCUT2D eigenvalue weighted by Gasteiger charge is 2.27. The van der Waals surface area contributed by atoms with Crippen LogP contribution in [0.2, 0.25) is 0 Å². The van der Waals surface area contributed by atoms with E-state index in [2.05, 4.69) is 14.7 Å². The van der Waals surface area contributed by atoms with Crippen molar-refractivity contribution in [2.45, 2.75) is 44.4 Å². The van der Waals surface area contributed by atoms with Crippen LogP contribution in [0.15, 0.2) is 44.8 Å². The van der Waals surface area contributed by atoms with Crippen molar-refractivity contribution >= 4 is 27.9 Å². The van der Waals surface area contributed by atoms with E-state index in [4.69, 9.17) is 9.72 Å². The molecule has 0 saturated carbocycles. The molecule has 3 aromatic rings. The summed E-state index contributed by atoms with van der Waals surface area (Å²) < 4.78 is 22.6. The molecular weight excluding hydrogens is 570 g/mol. The Morgan fingerprint density at radius 3 is 2.28 bits per heavy atom. The van der Waals surface area contributed by atoms with E-state index < -0.39 is 22.5 Å². The van der Waals surface area contributed by atoms with Gasteiger partial charge in [-0.15, -0.1) is 0 Å². The van der Waals surface area contributed by atoms with Gasteiger partial charge >= 0.3 is 5.69 Å². The van der Waals surface area contributed by atoms with Crippen LogP contribution in [0.25, 0.3) is 11.2 Å². The lowest BCUT2D eigenvalue weighted by atomic mass is 10.2. The number of aromatic nitrogens is 4. The number of fused-ring (bicyclic) bond motifs is 1. The highest BCUT2D eigenvalue weighted by atomic mass is 32.2. The Balaban J connectivity index is 1.25. The number of aliphatic hydroxyl groups excluding tert-OH is 1. The van der Waals surface area contributed by atoms with Crippen molar-refractivity contribution in [3.05, 3.63) is 51.2 Å². The molecule has 2 aromatic heterocycles. The number of rotatable bonds is 12. The van der Waals surface area contributed by atoms with Crippen LogP contribution in [0.4, 0.5) is 5.95 Å². The molecule has 2 saturated heterocycles. The van der Waals surface area contributed by atoms with Crippen molar-refractivity contribution in [2.24, 2.45) is 13.0 Å². The van der Waals surface area contributed by atoms with Crippen molar-refractivity contribution in [1.82, 2.24) is 28.5 Å². The smallest absolute Gasteiger partial charge is 0.332 e. The van der Waals surface area contributed by atoms with Crippen molar-refractivity contribution in [1.29, 1.82) is 0 Å². The van der Waals surface area contributed by atoms with Crippen molar-refractivity contribution < 1.29 is 14.1 Å². The van der Waals surface area contributed by atoms with E-state index in [1.165, 1.54) is 7.05 Å². The third-order valence-electron chi connectivity index (χ3n) is 8.19. The predicted molar refractivity (Wildman–Crippen MR) is 168 cm³/mol. The van der Waals surface area contributed by atoms with Crippen LogP contribution in [0.5, 0.6) is 0 Å². The molecule has 1 aromatic carbocycles. The summed E-state index contributed by atoms with van der Waals surface area (Å²) in [6.07, 6.45) is 0.145. The van der Waals surface area contributed by atoms with Gasteiger partial charge in [0, 0.05) is 70.1 Å². The van der Waals surface area contributed by atoms with Crippen molar-refractivity contribution in [3.8, 4) is 0 Å². The van der Waals surface area contributed by atoms with E-state index in [1.807, 2.05) is 48.7 Å². The first kappa shape index (κ1) is 31.6. The fourth-order valence-electron chi connectivity index (χ4n) is 5.92. The summed E-state index contributed by atoms with van der Waals surface area (Å²) in [7, 11) is 0.529. The number of aliphatic hydroxyl groups is 1. The van der Waals surface area contributed by atoms with Crippen LogP contribution in [-0.2, 0) is 35.7 Å². The Hall–Kier alpha value is -2.84. The molecule has 236 valence electrons. The van der Waals surface area contributed by atoms with Crippen molar-refractivity contribution in [3.63, 3.8) is 0 Å². The molecule has 43 heavy (non-hydrogen) atoms. The summed E-state index contributed by atoms with van der Waals surface area (Å²) >= 11 is 0. The first-order valence-corrected chi connectivity index (χ1v) is 16.6. The highest BCUT2D eigenvalue weighted by molar-refractivity contribution is 7.85. The van der Waals surface area contributed by atoms with Crippen LogP contribution in [0.1, 0.15) is 20.3 Å². The third-order valence-corrected chi connectivity index (χ3v) is 9.65. The molecule has 12 nitrogen and oxygen atoms in total. The molecule has 5 rings (SSSR count). The maximum absolute atomic E-state index is 13.4. The van der Waals surface area contributed by atoms with Gasteiger partial charge in [-0.25, -0.2) is 4.79 Å². The van der Waals surface area contributed by atoms with Gasteiger partial charge in [-0.3, -0.25) is 23.0 Å². The van der Waals surface area contributed by atoms with Gasteiger partial charge in [0.15, 0.2) is 11.2 Å². The average Bonchev–Trinajstić information content (AvgIpc) is 3.38. The number of hydrogen-bond acceptors (Lipinski definition) is 9. The van der Waals surface area contributed by atoms with E-state index in [0.717, 1.165) is 48.6 Å². The Kier molecular flexibility index (Phi) is 10.5. The summed E-state index contributed by atoms with van der Waals surface area (Å²) in [5.74, 6) is 1.43. The summed E-state index contributed by atoms with van der Waals surface area (Å²) in [6, 6.07) is 9.61. The van der Waals surface area contributed by atoms with Crippen LogP contribution >= 0.6 is 0 Å². The summed E-state index contributed by atoms with van der Waals surface area (Å²) in [4.78, 5) is 39.0. The number of nitrogens with zero attached hydrogens (tertiary/aromatic N) is 7. The van der Waals surface area contributed by atoms with Gasteiger partial charge < -0.3 is 24.2 Å². The van der Waals surface area contributed by atoms with E-state index >= 15 is 0 Å². The number of β-amino-alcohol motifs (C(OH)–C–C–N with tert-alkyl or cyclic N) is 1.